The standard InChI is InChI=1S/C16H26N2O3/c1-4-20-10-6-9-18-12(3)16(19)13-7-8-15(21-5-2)14(17)11-13/h7-8,11-12,18H,4-6,9-10,17H2,1-3H3. The van der Waals surface area contributed by atoms with Crippen LogP contribution in [-0.4, -0.2) is 38.2 Å². The van der Waals surface area contributed by atoms with Gasteiger partial charge in [0.25, 0.3) is 0 Å². The molecule has 0 heterocycles. The Kier molecular flexibility index (Phi) is 7.79. The first kappa shape index (κ1) is 17.5. The molecule has 0 saturated heterocycles. The molecular formula is C16H26N2O3. The van der Waals surface area contributed by atoms with Crippen LogP contribution in [0.25, 0.3) is 0 Å². The molecule has 0 saturated carbocycles. The Morgan fingerprint density at radius 1 is 1.33 bits per heavy atom. The van der Waals surface area contributed by atoms with E-state index in [1.807, 2.05) is 20.8 Å². The van der Waals surface area contributed by atoms with Crippen LogP contribution in [0.4, 0.5) is 5.69 Å². The van der Waals surface area contributed by atoms with E-state index in [9.17, 15) is 4.79 Å². The van der Waals surface area contributed by atoms with E-state index in [4.69, 9.17) is 15.2 Å². The van der Waals surface area contributed by atoms with Crippen LogP contribution in [0.15, 0.2) is 18.2 Å². The molecule has 0 spiro atoms. The number of nitrogen functional groups attached to an aromatic ring is 1. The molecule has 3 N–H and O–H groups in total. The Balaban J connectivity index is 2.52. The number of ether oxygens (including phenoxy) is 2. The Morgan fingerprint density at radius 2 is 2.10 bits per heavy atom. The van der Waals surface area contributed by atoms with Crippen LogP contribution in [-0.2, 0) is 4.74 Å². The molecule has 0 aromatic heterocycles. The van der Waals surface area contributed by atoms with Crippen molar-refractivity contribution in [1.29, 1.82) is 0 Å². The second kappa shape index (κ2) is 9.37. The summed E-state index contributed by atoms with van der Waals surface area (Å²) in [6.45, 7) is 8.45. The SMILES string of the molecule is CCOCCCNC(C)C(=O)c1ccc(OCC)c(N)c1. The Labute approximate surface area is 126 Å². The molecule has 1 atom stereocenters. The van der Waals surface area contributed by atoms with Crippen molar-refractivity contribution in [3.05, 3.63) is 23.8 Å². The van der Waals surface area contributed by atoms with Gasteiger partial charge in [0.15, 0.2) is 5.78 Å². The van der Waals surface area contributed by atoms with Gasteiger partial charge in [-0.25, -0.2) is 0 Å². The second-order valence-corrected chi connectivity index (χ2v) is 4.78. The van der Waals surface area contributed by atoms with Crippen molar-refractivity contribution < 1.29 is 14.3 Å². The smallest absolute Gasteiger partial charge is 0.179 e. The molecule has 0 aliphatic carbocycles. The normalized spacial score (nSPS) is 12.1. The van der Waals surface area contributed by atoms with Crippen LogP contribution in [0.3, 0.4) is 0 Å². The lowest BCUT2D eigenvalue weighted by molar-refractivity contribution is 0.0946. The van der Waals surface area contributed by atoms with E-state index >= 15 is 0 Å². The van der Waals surface area contributed by atoms with Crippen molar-refractivity contribution >= 4 is 11.5 Å². The average molecular weight is 294 g/mol. The Hall–Kier alpha value is -1.59. The summed E-state index contributed by atoms with van der Waals surface area (Å²) in [5.41, 5.74) is 6.98. The molecule has 0 aliphatic rings. The lowest BCUT2D eigenvalue weighted by Gasteiger charge is -2.14. The van der Waals surface area contributed by atoms with E-state index in [-0.39, 0.29) is 11.8 Å². The number of nitrogens with one attached hydrogen (secondary N) is 1. The summed E-state index contributed by atoms with van der Waals surface area (Å²) in [6.07, 6.45) is 0.886. The van der Waals surface area contributed by atoms with E-state index in [0.717, 1.165) is 19.6 Å². The maximum Gasteiger partial charge on any atom is 0.179 e. The molecule has 0 fully saturated rings. The third-order valence-corrected chi connectivity index (χ3v) is 3.11. The van der Waals surface area contributed by atoms with E-state index in [2.05, 4.69) is 5.32 Å². The molecule has 0 amide bonds. The van der Waals surface area contributed by atoms with Gasteiger partial charge in [-0.2, -0.15) is 0 Å². The minimum absolute atomic E-state index is 0.0289. The molecule has 5 heteroatoms. The van der Waals surface area contributed by atoms with Gasteiger partial charge in [-0.1, -0.05) is 0 Å². The minimum atomic E-state index is -0.246. The fraction of sp³-hybridized carbons (Fsp3) is 0.562. The number of hydrogen-bond donors (Lipinski definition) is 2. The van der Waals surface area contributed by atoms with Crippen molar-refractivity contribution in [3.63, 3.8) is 0 Å². The summed E-state index contributed by atoms with van der Waals surface area (Å²) in [4.78, 5) is 12.3. The quantitative estimate of drug-likeness (QED) is 0.393. The molecule has 0 radical (unpaired) electrons. The number of Topliss-reactive ketones (excluding diaryl/α,β-unsaturated/α-hetero) is 1. The number of carbonyl (C=O) groups excluding carboxylic acids is 1. The first-order chi connectivity index (χ1) is 10.1. The van der Waals surface area contributed by atoms with Gasteiger partial charge in [0.1, 0.15) is 5.75 Å². The highest BCUT2D eigenvalue weighted by Gasteiger charge is 2.15. The molecular weight excluding hydrogens is 268 g/mol. The number of ketones is 1. The number of rotatable bonds is 10. The number of anilines is 1. The van der Waals surface area contributed by atoms with Gasteiger partial charge in [0.05, 0.1) is 18.3 Å². The van der Waals surface area contributed by atoms with Gasteiger partial charge >= 0.3 is 0 Å². The van der Waals surface area contributed by atoms with Gasteiger partial charge in [0, 0.05) is 18.8 Å². The van der Waals surface area contributed by atoms with Crippen molar-refractivity contribution in [2.75, 3.05) is 32.1 Å². The van der Waals surface area contributed by atoms with Crippen LogP contribution in [0.5, 0.6) is 5.75 Å². The first-order valence-corrected chi connectivity index (χ1v) is 7.47. The molecule has 0 aliphatic heterocycles. The van der Waals surface area contributed by atoms with Crippen LogP contribution in [0.1, 0.15) is 37.6 Å². The van der Waals surface area contributed by atoms with Crippen LogP contribution in [0, 0.1) is 0 Å². The molecule has 118 valence electrons. The predicted molar refractivity (Wildman–Crippen MR) is 84.9 cm³/mol. The largest absolute Gasteiger partial charge is 0.492 e. The Bertz CT molecular complexity index is 449. The first-order valence-electron chi connectivity index (χ1n) is 7.47. The highest BCUT2D eigenvalue weighted by Crippen LogP contribution is 2.23. The fourth-order valence-electron chi connectivity index (χ4n) is 1.97. The van der Waals surface area contributed by atoms with Gasteiger partial charge in [0.2, 0.25) is 0 Å². The van der Waals surface area contributed by atoms with Gasteiger partial charge in [-0.3, -0.25) is 4.79 Å². The molecule has 1 aromatic carbocycles. The molecule has 0 bridgehead atoms. The molecule has 1 aromatic rings. The maximum atomic E-state index is 12.3. The third kappa shape index (κ3) is 5.73. The zero-order valence-corrected chi connectivity index (χ0v) is 13.1. The second-order valence-electron chi connectivity index (χ2n) is 4.78. The summed E-state index contributed by atoms with van der Waals surface area (Å²) in [7, 11) is 0. The number of nitrogens with two attached hydrogens (primary N) is 1. The molecule has 5 nitrogen and oxygen atoms in total. The van der Waals surface area contributed by atoms with Crippen molar-refractivity contribution in [2.45, 2.75) is 33.2 Å². The van der Waals surface area contributed by atoms with Crippen molar-refractivity contribution in [1.82, 2.24) is 5.32 Å². The van der Waals surface area contributed by atoms with Gasteiger partial charge < -0.3 is 20.5 Å². The van der Waals surface area contributed by atoms with Crippen LogP contribution in [0.2, 0.25) is 0 Å². The van der Waals surface area contributed by atoms with E-state index in [1.165, 1.54) is 0 Å². The fourth-order valence-corrected chi connectivity index (χ4v) is 1.97. The van der Waals surface area contributed by atoms with E-state index < -0.39 is 0 Å². The van der Waals surface area contributed by atoms with E-state index in [0.29, 0.717) is 30.2 Å². The highest BCUT2D eigenvalue weighted by molar-refractivity contribution is 6.00. The zero-order chi connectivity index (χ0) is 15.7. The van der Waals surface area contributed by atoms with Gasteiger partial charge in [-0.15, -0.1) is 0 Å². The highest BCUT2D eigenvalue weighted by atomic mass is 16.5. The predicted octanol–water partition coefficient (Wildman–Crippen LogP) is 2.25. The lowest BCUT2D eigenvalue weighted by Crippen LogP contribution is -2.35. The topological polar surface area (TPSA) is 73.6 Å². The van der Waals surface area contributed by atoms with Crippen molar-refractivity contribution in [3.8, 4) is 5.75 Å². The molecule has 1 rings (SSSR count). The van der Waals surface area contributed by atoms with E-state index in [1.54, 1.807) is 18.2 Å². The summed E-state index contributed by atoms with van der Waals surface area (Å²) < 4.78 is 10.6. The monoisotopic (exact) mass is 294 g/mol. The summed E-state index contributed by atoms with van der Waals surface area (Å²) >= 11 is 0. The van der Waals surface area contributed by atoms with Crippen molar-refractivity contribution in [2.24, 2.45) is 0 Å². The molecule has 21 heavy (non-hydrogen) atoms. The zero-order valence-electron chi connectivity index (χ0n) is 13.1. The third-order valence-electron chi connectivity index (χ3n) is 3.11. The van der Waals surface area contributed by atoms with Gasteiger partial charge in [-0.05, 0) is 51.9 Å². The van der Waals surface area contributed by atoms with Crippen LogP contribution >= 0.6 is 0 Å². The summed E-state index contributed by atoms with van der Waals surface area (Å²) in [5, 5.41) is 3.20. The number of hydrogen-bond acceptors (Lipinski definition) is 5. The summed E-state index contributed by atoms with van der Waals surface area (Å²) in [6, 6.07) is 4.92. The molecule has 1 unspecified atom stereocenters. The minimum Gasteiger partial charge on any atom is -0.492 e. The summed E-state index contributed by atoms with van der Waals surface area (Å²) in [5.74, 6) is 0.646. The number of carbonyl (C=O) groups is 1. The van der Waals surface area contributed by atoms with Crippen LogP contribution < -0.4 is 15.8 Å². The number of benzene rings is 1. The maximum absolute atomic E-state index is 12.3. The Morgan fingerprint density at radius 3 is 2.71 bits per heavy atom. The average Bonchev–Trinajstić information content (AvgIpc) is 2.48. The lowest BCUT2D eigenvalue weighted by atomic mass is 10.0.